The summed E-state index contributed by atoms with van der Waals surface area (Å²) in [4.78, 5) is 30.7. The smallest absolute Gasteiger partial charge is 0.246 e. The van der Waals surface area contributed by atoms with E-state index in [0.29, 0.717) is 36.9 Å². The van der Waals surface area contributed by atoms with Crippen molar-refractivity contribution in [2.45, 2.75) is 32.1 Å². The van der Waals surface area contributed by atoms with Crippen molar-refractivity contribution in [3.63, 3.8) is 0 Å². The van der Waals surface area contributed by atoms with Crippen LogP contribution in [0.5, 0.6) is 0 Å². The molecule has 4 rings (SSSR count). The van der Waals surface area contributed by atoms with E-state index < -0.39 is 0 Å². The lowest BCUT2D eigenvalue weighted by Crippen LogP contribution is -2.38. The summed E-state index contributed by atoms with van der Waals surface area (Å²) in [7, 11) is 0. The number of hydrogen-bond acceptors (Lipinski definition) is 5. The van der Waals surface area contributed by atoms with Crippen LogP contribution in [-0.4, -0.2) is 39.9 Å². The second kappa shape index (κ2) is 10.0. The van der Waals surface area contributed by atoms with Crippen molar-refractivity contribution in [2.75, 3.05) is 18.4 Å². The number of nitrogens with zero attached hydrogens (tertiary/aromatic N) is 3. The molecular weight excluding hydrogens is 404 g/mol. The molecule has 0 saturated carbocycles. The molecule has 7 nitrogen and oxygen atoms in total. The largest absolute Gasteiger partial charge is 0.339 e. The van der Waals surface area contributed by atoms with Crippen LogP contribution in [0.2, 0.25) is 0 Å². The molecule has 2 heterocycles. The standard InChI is InChI=1S/C25H26N4O3/c1-2-22(30)26-21-12-6-10-19(16-21)24-27-25(32-28-24)20-11-7-15-29(17-20)23(31)14-13-18-8-4-3-5-9-18/h3-6,8-10,12-14,16,20H,2,7,11,15,17H2,1H3,(H,26,30). The van der Waals surface area contributed by atoms with Gasteiger partial charge in [-0.2, -0.15) is 4.98 Å². The van der Waals surface area contributed by atoms with Gasteiger partial charge in [-0.1, -0.05) is 54.5 Å². The average molecular weight is 431 g/mol. The van der Waals surface area contributed by atoms with Gasteiger partial charge in [0, 0.05) is 36.8 Å². The van der Waals surface area contributed by atoms with Gasteiger partial charge in [0.15, 0.2) is 0 Å². The number of nitrogens with one attached hydrogen (secondary N) is 1. The SMILES string of the molecule is CCC(=O)Nc1cccc(-c2noc(C3CCCN(C(=O)C=Cc4ccccc4)C3)n2)c1. The van der Waals surface area contributed by atoms with Gasteiger partial charge < -0.3 is 14.7 Å². The number of piperidine rings is 1. The minimum atomic E-state index is -0.0516. The molecule has 2 amide bonds. The molecule has 3 aromatic rings. The van der Waals surface area contributed by atoms with E-state index in [-0.39, 0.29) is 17.7 Å². The summed E-state index contributed by atoms with van der Waals surface area (Å²) < 4.78 is 5.55. The number of amides is 2. The number of benzene rings is 2. The minimum Gasteiger partial charge on any atom is -0.339 e. The van der Waals surface area contributed by atoms with Crippen LogP contribution in [0.4, 0.5) is 5.69 Å². The Bertz CT molecular complexity index is 1110. The second-order valence-electron chi connectivity index (χ2n) is 7.81. The Morgan fingerprint density at radius 1 is 1.19 bits per heavy atom. The van der Waals surface area contributed by atoms with Crippen molar-refractivity contribution in [3.8, 4) is 11.4 Å². The molecule has 1 fully saturated rings. The van der Waals surface area contributed by atoms with Crippen molar-refractivity contribution in [1.82, 2.24) is 15.0 Å². The minimum absolute atomic E-state index is 0.00190. The second-order valence-corrected chi connectivity index (χ2v) is 7.81. The van der Waals surface area contributed by atoms with Crippen LogP contribution in [0.25, 0.3) is 17.5 Å². The normalized spacial score (nSPS) is 16.3. The average Bonchev–Trinajstić information content (AvgIpc) is 3.34. The molecule has 1 aromatic heterocycles. The van der Waals surface area contributed by atoms with E-state index in [9.17, 15) is 9.59 Å². The molecule has 7 heteroatoms. The molecule has 0 spiro atoms. The highest BCUT2D eigenvalue weighted by Crippen LogP contribution is 2.28. The first kappa shape index (κ1) is 21.5. The van der Waals surface area contributed by atoms with E-state index in [1.54, 1.807) is 13.0 Å². The van der Waals surface area contributed by atoms with Crippen LogP contribution in [-0.2, 0) is 9.59 Å². The lowest BCUT2D eigenvalue weighted by atomic mass is 9.98. The van der Waals surface area contributed by atoms with Gasteiger partial charge in [0.25, 0.3) is 0 Å². The highest BCUT2D eigenvalue weighted by atomic mass is 16.5. The lowest BCUT2D eigenvalue weighted by molar-refractivity contribution is -0.127. The topological polar surface area (TPSA) is 88.3 Å². The van der Waals surface area contributed by atoms with Crippen LogP contribution in [0.1, 0.15) is 43.6 Å². The van der Waals surface area contributed by atoms with Crippen LogP contribution < -0.4 is 5.32 Å². The van der Waals surface area contributed by atoms with E-state index in [0.717, 1.165) is 24.0 Å². The van der Waals surface area contributed by atoms with Crippen molar-refractivity contribution >= 4 is 23.6 Å². The molecule has 1 aliphatic heterocycles. The maximum absolute atomic E-state index is 12.7. The Balaban J connectivity index is 1.43. The maximum Gasteiger partial charge on any atom is 0.246 e. The molecule has 1 saturated heterocycles. The predicted octanol–water partition coefficient (Wildman–Crippen LogP) is 4.50. The highest BCUT2D eigenvalue weighted by Gasteiger charge is 2.28. The summed E-state index contributed by atoms with van der Waals surface area (Å²) in [5, 5.41) is 6.97. The summed E-state index contributed by atoms with van der Waals surface area (Å²) in [6.07, 6.45) is 5.63. The number of rotatable bonds is 6. The number of aromatic nitrogens is 2. The summed E-state index contributed by atoms with van der Waals surface area (Å²) in [5.74, 6) is 0.941. The third-order valence-corrected chi connectivity index (χ3v) is 5.47. The van der Waals surface area contributed by atoms with Crippen molar-refractivity contribution in [3.05, 3.63) is 72.1 Å². The first-order valence-electron chi connectivity index (χ1n) is 10.9. The summed E-state index contributed by atoms with van der Waals surface area (Å²) in [6.45, 7) is 3.07. The van der Waals surface area contributed by atoms with Gasteiger partial charge in [-0.25, -0.2) is 0 Å². The number of carbonyl (C=O) groups excluding carboxylic acids is 2. The molecule has 0 radical (unpaired) electrons. The summed E-state index contributed by atoms with van der Waals surface area (Å²) in [5.41, 5.74) is 2.46. The molecule has 1 aliphatic rings. The van der Waals surface area contributed by atoms with E-state index in [1.165, 1.54) is 0 Å². The van der Waals surface area contributed by atoms with Gasteiger partial charge in [0.2, 0.25) is 23.5 Å². The molecule has 1 N–H and O–H groups in total. The number of likely N-dealkylation sites (tertiary alicyclic amines) is 1. The fourth-order valence-corrected chi connectivity index (χ4v) is 3.72. The molecule has 2 aromatic carbocycles. The third kappa shape index (κ3) is 5.29. The molecule has 164 valence electrons. The molecule has 1 atom stereocenters. The van der Waals surface area contributed by atoms with Crippen LogP contribution in [0, 0.1) is 0 Å². The number of anilines is 1. The molecule has 0 aliphatic carbocycles. The van der Waals surface area contributed by atoms with Crippen molar-refractivity contribution in [2.24, 2.45) is 0 Å². The fourth-order valence-electron chi connectivity index (χ4n) is 3.72. The van der Waals surface area contributed by atoms with Gasteiger partial charge in [-0.15, -0.1) is 0 Å². The number of carbonyl (C=O) groups is 2. The first-order chi connectivity index (χ1) is 15.6. The zero-order chi connectivity index (χ0) is 22.3. The van der Waals surface area contributed by atoms with Crippen LogP contribution in [0.3, 0.4) is 0 Å². The zero-order valence-corrected chi connectivity index (χ0v) is 18.0. The molecule has 1 unspecified atom stereocenters. The van der Waals surface area contributed by atoms with E-state index in [1.807, 2.05) is 65.6 Å². The predicted molar refractivity (Wildman–Crippen MR) is 123 cm³/mol. The van der Waals surface area contributed by atoms with Crippen LogP contribution >= 0.6 is 0 Å². The quantitative estimate of drug-likeness (QED) is 0.582. The summed E-state index contributed by atoms with van der Waals surface area (Å²) >= 11 is 0. The van der Waals surface area contributed by atoms with Gasteiger partial charge >= 0.3 is 0 Å². The maximum atomic E-state index is 12.7. The Hall–Kier alpha value is -3.74. The Kier molecular flexibility index (Phi) is 6.75. The van der Waals surface area contributed by atoms with Crippen LogP contribution in [0.15, 0.2) is 65.2 Å². The Labute approximate surface area is 187 Å². The number of hydrogen-bond donors (Lipinski definition) is 1. The van der Waals surface area contributed by atoms with Crippen molar-refractivity contribution in [1.29, 1.82) is 0 Å². The summed E-state index contributed by atoms with van der Waals surface area (Å²) in [6, 6.07) is 17.1. The van der Waals surface area contributed by atoms with Gasteiger partial charge in [-0.05, 0) is 36.6 Å². The highest BCUT2D eigenvalue weighted by molar-refractivity contribution is 5.92. The van der Waals surface area contributed by atoms with Gasteiger partial charge in [0.1, 0.15) is 0 Å². The Morgan fingerprint density at radius 3 is 2.84 bits per heavy atom. The van der Waals surface area contributed by atoms with Gasteiger partial charge in [-0.3, -0.25) is 9.59 Å². The van der Waals surface area contributed by atoms with E-state index >= 15 is 0 Å². The van der Waals surface area contributed by atoms with E-state index in [2.05, 4.69) is 15.5 Å². The van der Waals surface area contributed by atoms with Crippen molar-refractivity contribution < 1.29 is 14.1 Å². The first-order valence-corrected chi connectivity index (χ1v) is 10.9. The Morgan fingerprint density at radius 2 is 2.03 bits per heavy atom. The lowest BCUT2D eigenvalue weighted by Gasteiger charge is -2.30. The van der Waals surface area contributed by atoms with Gasteiger partial charge in [0.05, 0.1) is 5.92 Å². The third-order valence-electron chi connectivity index (χ3n) is 5.47. The van der Waals surface area contributed by atoms with E-state index in [4.69, 9.17) is 4.52 Å². The molecular formula is C25H26N4O3. The zero-order valence-electron chi connectivity index (χ0n) is 18.0. The fraction of sp³-hybridized carbons (Fsp3) is 0.280. The monoisotopic (exact) mass is 430 g/mol. The molecule has 32 heavy (non-hydrogen) atoms. The molecule has 0 bridgehead atoms.